The first-order valence-corrected chi connectivity index (χ1v) is 21.4. The molecule has 0 saturated carbocycles. The molecular weight excluding hydrogens is 783 g/mol. The van der Waals surface area contributed by atoms with Crippen LogP contribution in [0.4, 0.5) is 0 Å². The largest absolute Gasteiger partial charge is 0.256 e. The molecule has 7 aromatic carbocycles. The van der Waals surface area contributed by atoms with E-state index in [0.717, 1.165) is 66.9 Å². The Morgan fingerprint density at radius 3 is 0.984 bits per heavy atom. The Bertz CT molecular complexity index is 3130. The van der Waals surface area contributed by atoms with Gasteiger partial charge in [-0.1, -0.05) is 192 Å². The molecule has 7 heteroatoms. The summed E-state index contributed by atoms with van der Waals surface area (Å²) in [6.07, 6.45) is 1.84. The number of aryl methyl sites for hydroxylation is 4. The highest BCUT2D eigenvalue weighted by molar-refractivity contribution is 5.97. The van der Waals surface area contributed by atoms with Crippen molar-refractivity contribution in [2.45, 2.75) is 27.7 Å². The van der Waals surface area contributed by atoms with E-state index < -0.39 is 0 Å². The smallest absolute Gasteiger partial charge is 0.164 e. The fourth-order valence-electron chi connectivity index (χ4n) is 7.84. The molecule has 0 aliphatic rings. The van der Waals surface area contributed by atoms with Crippen molar-refractivity contribution in [2.75, 3.05) is 0 Å². The molecule has 0 bridgehead atoms. The van der Waals surface area contributed by atoms with Crippen LogP contribution in [-0.4, -0.2) is 34.9 Å². The summed E-state index contributed by atoms with van der Waals surface area (Å²) in [5.74, 6) is 3.68. The van der Waals surface area contributed by atoms with E-state index in [4.69, 9.17) is 34.9 Å². The molecule has 10 aromatic rings. The number of rotatable bonds is 9. The first kappa shape index (κ1) is 39.8. The second kappa shape index (κ2) is 17.2. The first-order valence-electron chi connectivity index (χ1n) is 21.4. The predicted octanol–water partition coefficient (Wildman–Crippen LogP) is 13.7. The zero-order valence-corrected chi connectivity index (χ0v) is 36.0. The Morgan fingerprint density at radius 2 is 0.578 bits per heavy atom. The van der Waals surface area contributed by atoms with Crippen LogP contribution >= 0.6 is 0 Å². The van der Waals surface area contributed by atoms with E-state index in [1.54, 1.807) is 0 Å². The van der Waals surface area contributed by atoms with Crippen molar-refractivity contribution in [2.24, 2.45) is 0 Å². The Hall–Kier alpha value is -8.29. The van der Waals surface area contributed by atoms with Gasteiger partial charge in [0.05, 0.1) is 5.69 Å². The van der Waals surface area contributed by atoms with E-state index in [0.29, 0.717) is 34.9 Å². The van der Waals surface area contributed by atoms with Crippen LogP contribution in [0.15, 0.2) is 188 Å². The molecular formula is C57H43N7. The van der Waals surface area contributed by atoms with Gasteiger partial charge in [-0.25, -0.2) is 29.9 Å². The summed E-state index contributed by atoms with van der Waals surface area (Å²) in [5.41, 5.74) is 16.1. The third-order valence-corrected chi connectivity index (χ3v) is 11.4. The molecule has 0 aliphatic heterocycles. The van der Waals surface area contributed by atoms with Crippen LogP contribution in [0, 0.1) is 27.7 Å². The topological polar surface area (TPSA) is 90.2 Å². The lowest BCUT2D eigenvalue weighted by Gasteiger charge is -2.18. The minimum absolute atomic E-state index is 0.589. The van der Waals surface area contributed by atoms with Crippen molar-refractivity contribution in [3.63, 3.8) is 0 Å². The quantitative estimate of drug-likeness (QED) is 0.143. The molecule has 0 aliphatic carbocycles. The van der Waals surface area contributed by atoms with Crippen LogP contribution in [-0.2, 0) is 0 Å². The van der Waals surface area contributed by atoms with Gasteiger partial charge >= 0.3 is 0 Å². The van der Waals surface area contributed by atoms with Crippen molar-refractivity contribution < 1.29 is 0 Å². The normalized spacial score (nSPS) is 11.1. The molecule has 0 fully saturated rings. The lowest BCUT2D eigenvalue weighted by molar-refractivity contribution is 1.07. The van der Waals surface area contributed by atoms with Crippen LogP contribution in [0.25, 0.3) is 102 Å². The third-order valence-electron chi connectivity index (χ3n) is 11.4. The van der Waals surface area contributed by atoms with Gasteiger partial charge in [0.1, 0.15) is 0 Å². The molecule has 64 heavy (non-hydrogen) atoms. The predicted molar refractivity (Wildman–Crippen MR) is 259 cm³/mol. The molecule has 7 nitrogen and oxygen atoms in total. The van der Waals surface area contributed by atoms with Gasteiger partial charge in [-0.2, -0.15) is 0 Å². The van der Waals surface area contributed by atoms with Gasteiger partial charge in [-0.05, 0) is 62.1 Å². The lowest BCUT2D eigenvalue weighted by Crippen LogP contribution is -2.02. The molecule has 306 valence electrons. The fourth-order valence-corrected chi connectivity index (χ4v) is 7.84. The van der Waals surface area contributed by atoms with E-state index in [1.807, 2.05) is 24.4 Å². The van der Waals surface area contributed by atoms with Crippen LogP contribution < -0.4 is 0 Å². The number of benzene rings is 7. The fraction of sp³-hybridized carbons (Fsp3) is 0.0702. The zero-order chi connectivity index (χ0) is 43.6. The Morgan fingerprint density at radius 1 is 0.250 bits per heavy atom. The summed E-state index contributed by atoms with van der Waals surface area (Å²) in [7, 11) is 0. The average Bonchev–Trinajstić information content (AvgIpc) is 3.34. The highest BCUT2D eigenvalue weighted by Gasteiger charge is 2.21. The van der Waals surface area contributed by atoms with Gasteiger partial charge in [-0.3, -0.25) is 4.98 Å². The lowest BCUT2D eigenvalue weighted by atomic mass is 9.87. The second-order valence-corrected chi connectivity index (χ2v) is 16.1. The minimum Gasteiger partial charge on any atom is -0.256 e. The molecule has 0 N–H and O–H groups in total. The Labute approximate surface area is 373 Å². The van der Waals surface area contributed by atoms with Crippen LogP contribution in [0.3, 0.4) is 0 Å². The van der Waals surface area contributed by atoms with E-state index >= 15 is 0 Å². The molecule has 0 unspecified atom stereocenters. The number of nitrogens with zero attached hydrogens (tertiary/aromatic N) is 7. The Balaban J connectivity index is 1.10. The maximum absolute atomic E-state index is 5.16. The summed E-state index contributed by atoms with van der Waals surface area (Å²) in [6.45, 7) is 8.32. The highest BCUT2D eigenvalue weighted by Crippen LogP contribution is 2.43. The van der Waals surface area contributed by atoms with Crippen molar-refractivity contribution in [3.8, 4) is 102 Å². The van der Waals surface area contributed by atoms with Gasteiger partial charge in [0, 0.05) is 45.1 Å². The van der Waals surface area contributed by atoms with Crippen LogP contribution in [0.5, 0.6) is 0 Å². The van der Waals surface area contributed by atoms with E-state index in [2.05, 4.69) is 191 Å². The van der Waals surface area contributed by atoms with Crippen LogP contribution in [0.1, 0.15) is 22.3 Å². The Kier molecular flexibility index (Phi) is 10.7. The minimum atomic E-state index is 0.589. The van der Waals surface area contributed by atoms with Gasteiger partial charge in [0.2, 0.25) is 0 Å². The summed E-state index contributed by atoms with van der Waals surface area (Å²) >= 11 is 0. The van der Waals surface area contributed by atoms with Gasteiger partial charge in [0.15, 0.2) is 34.9 Å². The van der Waals surface area contributed by atoms with Crippen molar-refractivity contribution in [1.29, 1.82) is 0 Å². The zero-order valence-electron chi connectivity index (χ0n) is 36.0. The molecule has 3 heterocycles. The third kappa shape index (κ3) is 8.22. The first-order chi connectivity index (χ1) is 31.3. The maximum atomic E-state index is 5.16. The van der Waals surface area contributed by atoms with Gasteiger partial charge in [-0.15, -0.1) is 0 Å². The summed E-state index contributed by atoms with van der Waals surface area (Å²) in [6, 6.07) is 62.5. The molecule has 0 atom stereocenters. The van der Waals surface area contributed by atoms with Crippen molar-refractivity contribution >= 4 is 0 Å². The highest BCUT2D eigenvalue weighted by atomic mass is 15.0. The number of aromatic nitrogens is 7. The summed E-state index contributed by atoms with van der Waals surface area (Å²) < 4.78 is 0. The summed E-state index contributed by atoms with van der Waals surface area (Å²) in [4.78, 5) is 35.2. The number of hydrogen-bond donors (Lipinski definition) is 0. The van der Waals surface area contributed by atoms with Crippen molar-refractivity contribution in [1.82, 2.24) is 34.9 Å². The standard InChI is InChI=1S/C57H43N7/c1-36-15-23-41(24-16-36)52-59-53(42-25-17-37(2)18-26-42)61-54(60-52)45-33-31-40(32-34-45)46-12-9-13-48(51(46)50-14-7-8-35-58-50)47-10-5-6-11-49(47)57-63-55(43-27-19-38(3)20-28-43)62-56(64-57)44-29-21-39(4)22-30-44/h5-35H,1-4H3. The number of hydrogen-bond acceptors (Lipinski definition) is 7. The van der Waals surface area contributed by atoms with Crippen molar-refractivity contribution in [3.05, 3.63) is 210 Å². The monoisotopic (exact) mass is 825 g/mol. The van der Waals surface area contributed by atoms with Gasteiger partial charge in [0.25, 0.3) is 0 Å². The van der Waals surface area contributed by atoms with Gasteiger partial charge < -0.3 is 0 Å². The molecule has 0 saturated heterocycles. The van der Waals surface area contributed by atoms with E-state index in [1.165, 1.54) is 22.3 Å². The molecule has 3 aromatic heterocycles. The SMILES string of the molecule is Cc1ccc(-c2nc(-c3ccc(C)cc3)nc(-c3ccc(-c4cccc(-c5ccccc5-c5nc(-c6ccc(C)cc6)nc(-c6ccc(C)cc6)n5)c4-c4ccccn4)cc3)n2)cc1. The molecule has 10 rings (SSSR count). The second-order valence-electron chi connectivity index (χ2n) is 16.1. The van der Waals surface area contributed by atoms with E-state index in [9.17, 15) is 0 Å². The molecule has 0 spiro atoms. The van der Waals surface area contributed by atoms with E-state index in [-0.39, 0.29) is 0 Å². The molecule has 0 amide bonds. The summed E-state index contributed by atoms with van der Waals surface area (Å²) in [5, 5.41) is 0. The average molecular weight is 826 g/mol. The number of pyridine rings is 1. The van der Waals surface area contributed by atoms with Crippen LogP contribution in [0.2, 0.25) is 0 Å². The maximum Gasteiger partial charge on any atom is 0.164 e. The molecule has 0 radical (unpaired) electrons.